The van der Waals surface area contributed by atoms with Crippen LogP contribution in [0.15, 0.2) is 18.2 Å². The zero-order valence-corrected chi connectivity index (χ0v) is 13.0. The quantitative estimate of drug-likeness (QED) is 0.642. The molecule has 6 heteroatoms. The molecule has 2 aromatic carbocycles. The van der Waals surface area contributed by atoms with E-state index in [2.05, 4.69) is 0 Å². The minimum absolute atomic E-state index is 0.0214. The third kappa shape index (κ3) is 2.18. The van der Waals surface area contributed by atoms with Gasteiger partial charge in [-0.3, -0.25) is 0 Å². The molecule has 0 aromatic heterocycles. The van der Waals surface area contributed by atoms with Gasteiger partial charge < -0.3 is 29.9 Å². The van der Waals surface area contributed by atoms with Crippen molar-refractivity contribution < 1.29 is 29.9 Å². The Morgan fingerprint density at radius 1 is 0.833 bits per heavy atom. The second-order valence-electron chi connectivity index (χ2n) is 6.15. The van der Waals surface area contributed by atoms with Crippen molar-refractivity contribution >= 4 is 0 Å². The Hall–Kier alpha value is -2.76. The predicted molar refractivity (Wildman–Crippen MR) is 85.3 cm³/mol. The molecule has 1 atom stereocenters. The summed E-state index contributed by atoms with van der Waals surface area (Å²) in [6.45, 7) is 0.899. The molecule has 4 N–H and O–H groups in total. The number of hydrogen-bond donors (Lipinski definition) is 4. The van der Waals surface area contributed by atoms with Crippen molar-refractivity contribution in [3.05, 3.63) is 34.9 Å². The van der Waals surface area contributed by atoms with Crippen LogP contribution in [-0.2, 0) is 6.42 Å². The molecule has 0 aliphatic carbocycles. The van der Waals surface area contributed by atoms with Gasteiger partial charge in [0, 0.05) is 40.8 Å². The van der Waals surface area contributed by atoms with Gasteiger partial charge in [0.2, 0.25) is 0 Å². The summed E-state index contributed by atoms with van der Waals surface area (Å²) in [4.78, 5) is 0. The standard InChI is InChI=1S/C18H18O6/c19-9-6-13(21)16-11(3-5-23-15(16)7-9)17-14(22)8-12(20)10-2-1-4-24-18(10)17/h6-8,11,19-22H,1-5H2/t11-/m1/s1. The van der Waals surface area contributed by atoms with E-state index in [0.29, 0.717) is 54.2 Å². The highest BCUT2D eigenvalue weighted by atomic mass is 16.5. The van der Waals surface area contributed by atoms with E-state index in [1.165, 1.54) is 18.2 Å². The molecular weight excluding hydrogens is 312 g/mol. The topological polar surface area (TPSA) is 99.4 Å². The molecule has 0 saturated heterocycles. The van der Waals surface area contributed by atoms with Crippen LogP contribution in [0, 0.1) is 0 Å². The van der Waals surface area contributed by atoms with Crippen LogP contribution in [-0.4, -0.2) is 33.6 Å². The minimum atomic E-state index is -0.346. The Labute approximate surface area is 138 Å². The van der Waals surface area contributed by atoms with E-state index in [9.17, 15) is 20.4 Å². The number of aromatic hydroxyl groups is 4. The molecule has 0 amide bonds. The van der Waals surface area contributed by atoms with E-state index in [-0.39, 0.29) is 28.9 Å². The van der Waals surface area contributed by atoms with Crippen LogP contribution in [0.2, 0.25) is 0 Å². The van der Waals surface area contributed by atoms with Gasteiger partial charge >= 0.3 is 0 Å². The molecular formula is C18H18O6. The first-order valence-electron chi connectivity index (χ1n) is 7.95. The van der Waals surface area contributed by atoms with E-state index >= 15 is 0 Å². The van der Waals surface area contributed by atoms with Crippen molar-refractivity contribution in [3.63, 3.8) is 0 Å². The summed E-state index contributed by atoms with van der Waals surface area (Å²) < 4.78 is 11.3. The normalized spacial score (nSPS) is 18.9. The number of rotatable bonds is 1. The van der Waals surface area contributed by atoms with Crippen LogP contribution < -0.4 is 9.47 Å². The molecule has 0 bridgehead atoms. The van der Waals surface area contributed by atoms with Gasteiger partial charge in [-0.1, -0.05) is 0 Å². The fraction of sp³-hybridized carbons (Fsp3) is 0.333. The first-order chi connectivity index (χ1) is 11.6. The first-order valence-corrected chi connectivity index (χ1v) is 7.95. The summed E-state index contributed by atoms with van der Waals surface area (Å²) in [6.07, 6.45) is 2.01. The number of hydrogen-bond acceptors (Lipinski definition) is 6. The van der Waals surface area contributed by atoms with E-state index in [1.807, 2.05) is 0 Å². The number of phenolic OH excluding ortho intramolecular Hbond substituents is 4. The Morgan fingerprint density at radius 3 is 2.46 bits per heavy atom. The Morgan fingerprint density at radius 2 is 1.62 bits per heavy atom. The molecule has 2 aliphatic rings. The maximum atomic E-state index is 10.5. The lowest BCUT2D eigenvalue weighted by molar-refractivity contribution is 0.255. The van der Waals surface area contributed by atoms with Gasteiger partial charge in [-0.2, -0.15) is 0 Å². The van der Waals surface area contributed by atoms with Crippen LogP contribution in [0.5, 0.6) is 34.5 Å². The summed E-state index contributed by atoms with van der Waals surface area (Å²) in [5, 5.41) is 40.5. The lowest BCUT2D eigenvalue weighted by Crippen LogP contribution is -2.18. The van der Waals surface area contributed by atoms with Crippen molar-refractivity contribution in [3.8, 4) is 34.5 Å². The summed E-state index contributed by atoms with van der Waals surface area (Å²) in [5.74, 6) is 0.310. The maximum Gasteiger partial charge on any atom is 0.133 e. The van der Waals surface area contributed by atoms with Gasteiger partial charge in [-0.15, -0.1) is 0 Å². The highest BCUT2D eigenvalue weighted by Gasteiger charge is 2.34. The van der Waals surface area contributed by atoms with Crippen LogP contribution in [0.25, 0.3) is 0 Å². The van der Waals surface area contributed by atoms with Crippen molar-refractivity contribution in [2.24, 2.45) is 0 Å². The Bertz CT molecular complexity index is 814. The van der Waals surface area contributed by atoms with E-state index in [4.69, 9.17) is 9.47 Å². The van der Waals surface area contributed by atoms with Gasteiger partial charge in [0.25, 0.3) is 0 Å². The highest BCUT2D eigenvalue weighted by molar-refractivity contribution is 5.64. The zero-order valence-electron chi connectivity index (χ0n) is 13.0. The molecule has 0 saturated carbocycles. The largest absolute Gasteiger partial charge is 0.508 e. The van der Waals surface area contributed by atoms with Crippen LogP contribution in [0.3, 0.4) is 0 Å². The summed E-state index contributed by atoms with van der Waals surface area (Å²) in [6, 6.07) is 4.03. The smallest absolute Gasteiger partial charge is 0.133 e. The summed E-state index contributed by atoms with van der Waals surface area (Å²) >= 11 is 0. The second kappa shape index (κ2) is 5.40. The maximum absolute atomic E-state index is 10.5. The molecule has 0 radical (unpaired) electrons. The van der Waals surface area contributed by atoms with Gasteiger partial charge in [-0.25, -0.2) is 0 Å². The SMILES string of the molecule is Oc1cc(O)c2c(c1)OCC[C@H]2c1c(O)cc(O)c2c1OCCC2. The first kappa shape index (κ1) is 14.8. The summed E-state index contributed by atoms with van der Waals surface area (Å²) in [7, 11) is 0. The number of benzene rings is 2. The van der Waals surface area contributed by atoms with E-state index in [0.717, 1.165) is 6.42 Å². The lowest BCUT2D eigenvalue weighted by Gasteiger charge is -2.31. The van der Waals surface area contributed by atoms with Gasteiger partial charge in [0.1, 0.15) is 34.5 Å². The van der Waals surface area contributed by atoms with E-state index in [1.54, 1.807) is 0 Å². The molecule has 2 aliphatic heterocycles. The Kier molecular flexibility index (Phi) is 3.33. The second-order valence-corrected chi connectivity index (χ2v) is 6.15. The van der Waals surface area contributed by atoms with Gasteiger partial charge in [-0.05, 0) is 19.3 Å². The predicted octanol–water partition coefficient (Wildman–Crippen LogP) is 2.75. The monoisotopic (exact) mass is 330 g/mol. The van der Waals surface area contributed by atoms with Gasteiger partial charge in [0.05, 0.1) is 13.2 Å². The number of ether oxygens (including phenoxy) is 2. The molecule has 126 valence electrons. The number of phenols is 4. The third-order valence-electron chi connectivity index (χ3n) is 4.66. The molecule has 24 heavy (non-hydrogen) atoms. The van der Waals surface area contributed by atoms with Crippen molar-refractivity contribution in [2.45, 2.75) is 25.2 Å². The van der Waals surface area contributed by atoms with Crippen molar-refractivity contribution in [1.29, 1.82) is 0 Å². The molecule has 4 rings (SSSR count). The molecule has 6 nitrogen and oxygen atoms in total. The van der Waals surface area contributed by atoms with Crippen molar-refractivity contribution in [2.75, 3.05) is 13.2 Å². The lowest BCUT2D eigenvalue weighted by atomic mass is 9.83. The fourth-order valence-corrected chi connectivity index (χ4v) is 3.64. The minimum Gasteiger partial charge on any atom is -0.508 e. The molecule has 0 fully saturated rings. The third-order valence-corrected chi connectivity index (χ3v) is 4.66. The van der Waals surface area contributed by atoms with Crippen LogP contribution >= 0.6 is 0 Å². The highest BCUT2D eigenvalue weighted by Crippen LogP contribution is 2.52. The molecule has 2 heterocycles. The summed E-state index contributed by atoms with van der Waals surface area (Å²) in [5.41, 5.74) is 1.74. The van der Waals surface area contributed by atoms with Crippen LogP contribution in [0.1, 0.15) is 35.4 Å². The molecule has 2 aromatic rings. The fourth-order valence-electron chi connectivity index (χ4n) is 3.64. The van der Waals surface area contributed by atoms with Crippen LogP contribution in [0.4, 0.5) is 0 Å². The Balaban J connectivity index is 1.93. The van der Waals surface area contributed by atoms with E-state index < -0.39 is 0 Å². The molecule has 0 unspecified atom stereocenters. The van der Waals surface area contributed by atoms with Gasteiger partial charge in [0.15, 0.2) is 0 Å². The average Bonchev–Trinajstić information content (AvgIpc) is 2.54. The average molecular weight is 330 g/mol. The molecule has 0 spiro atoms. The number of fused-ring (bicyclic) bond motifs is 2. The zero-order chi connectivity index (χ0) is 16.8. The van der Waals surface area contributed by atoms with Crippen molar-refractivity contribution in [1.82, 2.24) is 0 Å².